The molecule has 2 aromatic rings. The van der Waals surface area contributed by atoms with Crippen LogP contribution in [0.1, 0.15) is 55.8 Å². The van der Waals surface area contributed by atoms with Gasteiger partial charge in [0.15, 0.2) is 0 Å². The highest BCUT2D eigenvalue weighted by Crippen LogP contribution is 2.26. The Bertz CT molecular complexity index is 884. The summed E-state index contributed by atoms with van der Waals surface area (Å²) in [6, 6.07) is 16.6. The van der Waals surface area contributed by atoms with Crippen LogP contribution in [-0.4, -0.2) is 67.9 Å². The van der Waals surface area contributed by atoms with E-state index in [1.807, 2.05) is 12.1 Å². The number of carboxylic acid groups (broad SMARTS) is 1. The van der Waals surface area contributed by atoms with Crippen LogP contribution in [0, 0.1) is 0 Å². The molecule has 2 saturated heterocycles. The number of aromatic carboxylic acids is 1. The minimum atomic E-state index is -0.871. The zero-order valence-electron chi connectivity index (χ0n) is 20.5. The van der Waals surface area contributed by atoms with E-state index in [1.165, 1.54) is 37.8 Å². The predicted molar refractivity (Wildman–Crippen MR) is 139 cm³/mol. The van der Waals surface area contributed by atoms with Gasteiger partial charge in [0, 0.05) is 56.7 Å². The maximum Gasteiger partial charge on any atom is 0.335 e. The van der Waals surface area contributed by atoms with Crippen LogP contribution in [0.5, 0.6) is 5.75 Å². The second-order valence-electron chi connectivity index (χ2n) is 9.50. The summed E-state index contributed by atoms with van der Waals surface area (Å²) in [4.78, 5) is 18.6. The van der Waals surface area contributed by atoms with Gasteiger partial charge < -0.3 is 19.6 Å². The normalized spacial score (nSPS) is 17.7. The number of carbonyl (C=O) groups is 1. The van der Waals surface area contributed by atoms with Gasteiger partial charge in [-0.1, -0.05) is 26.2 Å². The molecule has 6 nitrogen and oxygen atoms in total. The first-order valence-electron chi connectivity index (χ1n) is 12.9. The summed E-state index contributed by atoms with van der Waals surface area (Å²) in [5.74, 6) is 0.107. The lowest BCUT2D eigenvalue weighted by Crippen LogP contribution is -2.53. The molecule has 0 unspecified atom stereocenters. The molecule has 2 aliphatic rings. The number of nitrogens with zero attached hydrogens (tertiary/aromatic N) is 3. The van der Waals surface area contributed by atoms with Gasteiger partial charge in [-0.2, -0.15) is 0 Å². The first-order chi connectivity index (χ1) is 16.6. The van der Waals surface area contributed by atoms with Crippen molar-refractivity contribution in [1.82, 2.24) is 4.90 Å². The van der Waals surface area contributed by atoms with Crippen molar-refractivity contribution in [2.45, 2.75) is 51.5 Å². The van der Waals surface area contributed by atoms with Crippen molar-refractivity contribution in [2.75, 3.05) is 55.7 Å². The average Bonchev–Trinajstić information content (AvgIpc) is 2.89. The number of piperazine rings is 1. The molecule has 184 valence electrons. The zero-order chi connectivity index (χ0) is 23.8. The van der Waals surface area contributed by atoms with Gasteiger partial charge in [0.25, 0.3) is 0 Å². The summed E-state index contributed by atoms with van der Waals surface area (Å²) in [6.45, 7) is 9.35. The van der Waals surface area contributed by atoms with Crippen molar-refractivity contribution in [3.63, 3.8) is 0 Å². The number of ether oxygens (including phenoxy) is 1. The lowest BCUT2D eigenvalue weighted by molar-refractivity contribution is 0.0697. The number of benzene rings is 2. The van der Waals surface area contributed by atoms with Crippen LogP contribution in [0.3, 0.4) is 0 Å². The molecule has 2 heterocycles. The lowest BCUT2D eigenvalue weighted by Gasteiger charge is -2.43. The highest BCUT2D eigenvalue weighted by Gasteiger charge is 2.27. The van der Waals surface area contributed by atoms with Gasteiger partial charge in [-0.3, -0.25) is 4.90 Å². The highest BCUT2D eigenvalue weighted by molar-refractivity contribution is 5.88. The summed E-state index contributed by atoms with van der Waals surface area (Å²) >= 11 is 0. The molecule has 2 aromatic carbocycles. The van der Waals surface area contributed by atoms with Crippen LogP contribution in [0.4, 0.5) is 11.4 Å². The first-order valence-corrected chi connectivity index (χ1v) is 12.9. The molecule has 0 radical (unpaired) electrons. The Morgan fingerprint density at radius 1 is 0.824 bits per heavy atom. The molecule has 6 heteroatoms. The number of unbranched alkanes of at least 4 members (excludes halogenated alkanes) is 3. The molecule has 0 atom stereocenters. The van der Waals surface area contributed by atoms with Gasteiger partial charge in [-0.15, -0.1) is 0 Å². The lowest BCUT2D eigenvalue weighted by atomic mass is 10.0. The molecular weight excluding hydrogens is 426 g/mol. The number of hydrogen-bond acceptors (Lipinski definition) is 5. The Kier molecular flexibility index (Phi) is 8.69. The van der Waals surface area contributed by atoms with E-state index in [-0.39, 0.29) is 0 Å². The summed E-state index contributed by atoms with van der Waals surface area (Å²) in [5, 5.41) is 9.09. The van der Waals surface area contributed by atoms with Gasteiger partial charge in [0.05, 0.1) is 12.2 Å². The number of anilines is 2. The van der Waals surface area contributed by atoms with Crippen molar-refractivity contribution in [3.8, 4) is 5.75 Å². The molecule has 2 fully saturated rings. The van der Waals surface area contributed by atoms with Crippen molar-refractivity contribution in [3.05, 3.63) is 54.1 Å². The van der Waals surface area contributed by atoms with Crippen LogP contribution in [0.25, 0.3) is 0 Å². The van der Waals surface area contributed by atoms with Gasteiger partial charge in [-0.05, 0) is 67.8 Å². The quantitative estimate of drug-likeness (QED) is 0.491. The monoisotopic (exact) mass is 465 g/mol. The standard InChI is InChI=1S/C28H39N3O3/c1-2-3-4-5-22-34-27-12-10-25(11-13-27)29-16-14-26(15-17-29)31-20-18-30(19-21-31)24-8-6-23(7-9-24)28(32)33/h6-13,26H,2-5,14-22H2,1H3,(H,32,33). The SMILES string of the molecule is CCCCCCOc1ccc(N2CCC(N3CCN(c4ccc(C(=O)O)cc4)CC3)CC2)cc1. The fourth-order valence-electron chi connectivity index (χ4n) is 5.12. The third-order valence-electron chi connectivity index (χ3n) is 7.24. The third kappa shape index (κ3) is 6.44. The van der Waals surface area contributed by atoms with Crippen molar-refractivity contribution in [1.29, 1.82) is 0 Å². The van der Waals surface area contributed by atoms with E-state index >= 15 is 0 Å². The minimum absolute atomic E-state index is 0.346. The minimum Gasteiger partial charge on any atom is -0.494 e. The molecule has 34 heavy (non-hydrogen) atoms. The van der Waals surface area contributed by atoms with E-state index in [2.05, 4.69) is 45.9 Å². The van der Waals surface area contributed by atoms with Crippen LogP contribution in [-0.2, 0) is 0 Å². The van der Waals surface area contributed by atoms with Crippen LogP contribution in [0.2, 0.25) is 0 Å². The molecular formula is C28H39N3O3. The van der Waals surface area contributed by atoms with Crippen LogP contribution in [0.15, 0.2) is 48.5 Å². The zero-order valence-corrected chi connectivity index (χ0v) is 20.5. The van der Waals surface area contributed by atoms with E-state index in [0.29, 0.717) is 11.6 Å². The Balaban J connectivity index is 1.19. The van der Waals surface area contributed by atoms with E-state index in [1.54, 1.807) is 12.1 Å². The van der Waals surface area contributed by atoms with Gasteiger partial charge in [-0.25, -0.2) is 4.79 Å². The van der Waals surface area contributed by atoms with Gasteiger partial charge in [0.1, 0.15) is 5.75 Å². The summed E-state index contributed by atoms with van der Waals surface area (Å²) < 4.78 is 5.89. The van der Waals surface area contributed by atoms with Crippen molar-refractivity contribution >= 4 is 17.3 Å². The second-order valence-corrected chi connectivity index (χ2v) is 9.50. The summed E-state index contributed by atoms with van der Waals surface area (Å²) in [6.07, 6.45) is 7.32. The predicted octanol–water partition coefficient (Wildman–Crippen LogP) is 5.13. The first kappa shape index (κ1) is 24.4. The van der Waals surface area contributed by atoms with Crippen LogP contribution < -0.4 is 14.5 Å². The van der Waals surface area contributed by atoms with Gasteiger partial charge >= 0.3 is 5.97 Å². The van der Waals surface area contributed by atoms with E-state index < -0.39 is 5.97 Å². The number of rotatable bonds is 10. The molecule has 0 spiro atoms. The van der Waals surface area contributed by atoms with Crippen molar-refractivity contribution in [2.24, 2.45) is 0 Å². The Morgan fingerprint density at radius 2 is 1.41 bits per heavy atom. The van der Waals surface area contributed by atoms with Crippen LogP contribution >= 0.6 is 0 Å². The second kappa shape index (κ2) is 12.1. The fourth-order valence-corrected chi connectivity index (χ4v) is 5.12. The fraction of sp³-hybridized carbons (Fsp3) is 0.536. The average molecular weight is 466 g/mol. The molecule has 0 bridgehead atoms. The number of carboxylic acids is 1. The van der Waals surface area contributed by atoms with E-state index in [4.69, 9.17) is 9.84 Å². The highest BCUT2D eigenvalue weighted by atomic mass is 16.5. The topological polar surface area (TPSA) is 56.2 Å². The van der Waals surface area contributed by atoms with E-state index in [9.17, 15) is 4.79 Å². The molecule has 4 rings (SSSR count). The molecule has 1 N–H and O–H groups in total. The maximum absolute atomic E-state index is 11.1. The largest absolute Gasteiger partial charge is 0.494 e. The molecule has 0 aliphatic carbocycles. The Morgan fingerprint density at radius 3 is 2.00 bits per heavy atom. The van der Waals surface area contributed by atoms with Gasteiger partial charge in [0.2, 0.25) is 0 Å². The molecule has 0 saturated carbocycles. The van der Waals surface area contributed by atoms with E-state index in [0.717, 1.165) is 63.7 Å². The third-order valence-corrected chi connectivity index (χ3v) is 7.24. The summed E-state index contributed by atoms with van der Waals surface area (Å²) in [7, 11) is 0. The molecule has 0 amide bonds. The molecule has 2 aliphatic heterocycles. The Hall–Kier alpha value is -2.73. The number of hydrogen-bond donors (Lipinski definition) is 1. The molecule has 0 aromatic heterocycles. The van der Waals surface area contributed by atoms with Crippen molar-refractivity contribution < 1.29 is 14.6 Å². The summed E-state index contributed by atoms with van der Waals surface area (Å²) in [5.41, 5.74) is 2.76. The number of piperidine rings is 1. The Labute approximate surface area is 204 Å². The smallest absolute Gasteiger partial charge is 0.335 e. The maximum atomic E-state index is 11.1.